The van der Waals surface area contributed by atoms with Crippen molar-refractivity contribution in [3.05, 3.63) is 18.5 Å². The van der Waals surface area contributed by atoms with E-state index in [2.05, 4.69) is 10.3 Å². The molecule has 4 heteroatoms. The van der Waals surface area contributed by atoms with E-state index < -0.39 is 0 Å². The van der Waals surface area contributed by atoms with Crippen LogP contribution in [0.5, 0.6) is 5.75 Å². The Hall–Kier alpha value is -1.29. The summed E-state index contributed by atoms with van der Waals surface area (Å²) in [5, 5.41) is 2.98. The predicted molar refractivity (Wildman–Crippen MR) is 48.3 cm³/mol. The van der Waals surface area contributed by atoms with Gasteiger partial charge in [0.15, 0.2) is 0 Å². The lowest BCUT2D eigenvalue weighted by Gasteiger charge is -2.08. The molecule has 0 fully saturated rings. The quantitative estimate of drug-likeness (QED) is 0.684. The molecular formula is C8H13N3O. The van der Waals surface area contributed by atoms with Crippen molar-refractivity contribution in [1.82, 2.24) is 4.98 Å². The highest BCUT2D eigenvalue weighted by molar-refractivity contribution is 5.53. The van der Waals surface area contributed by atoms with Gasteiger partial charge in [-0.05, 0) is 0 Å². The zero-order valence-corrected chi connectivity index (χ0v) is 7.08. The molecule has 0 amide bonds. The van der Waals surface area contributed by atoms with Crippen LogP contribution < -0.4 is 15.8 Å². The average molecular weight is 167 g/mol. The maximum atomic E-state index is 5.35. The van der Waals surface area contributed by atoms with E-state index in [1.807, 2.05) is 13.1 Å². The van der Waals surface area contributed by atoms with Crippen molar-refractivity contribution in [3.8, 4) is 5.75 Å². The molecule has 0 atom stereocenters. The minimum atomic E-state index is 0.519. The van der Waals surface area contributed by atoms with Gasteiger partial charge in [-0.25, -0.2) is 0 Å². The molecule has 4 nitrogen and oxygen atoms in total. The van der Waals surface area contributed by atoms with Crippen LogP contribution in [0.1, 0.15) is 0 Å². The molecule has 0 aliphatic rings. The van der Waals surface area contributed by atoms with Crippen LogP contribution >= 0.6 is 0 Å². The SMILES string of the molecule is CNc1cnccc1OCCN. The summed E-state index contributed by atoms with van der Waals surface area (Å²) < 4.78 is 5.35. The first-order chi connectivity index (χ1) is 5.88. The molecule has 0 aromatic carbocycles. The van der Waals surface area contributed by atoms with Crippen molar-refractivity contribution >= 4 is 5.69 Å². The van der Waals surface area contributed by atoms with Crippen molar-refractivity contribution < 1.29 is 4.74 Å². The normalized spacial score (nSPS) is 9.50. The molecule has 0 spiro atoms. The van der Waals surface area contributed by atoms with Gasteiger partial charge in [0.25, 0.3) is 0 Å². The van der Waals surface area contributed by atoms with E-state index in [-0.39, 0.29) is 0 Å². The molecule has 0 aliphatic carbocycles. The summed E-state index contributed by atoms with van der Waals surface area (Å²) in [5.41, 5.74) is 6.19. The van der Waals surface area contributed by atoms with Crippen molar-refractivity contribution in [3.63, 3.8) is 0 Å². The zero-order valence-electron chi connectivity index (χ0n) is 7.08. The van der Waals surface area contributed by atoms with E-state index >= 15 is 0 Å². The van der Waals surface area contributed by atoms with E-state index in [4.69, 9.17) is 10.5 Å². The predicted octanol–water partition coefficient (Wildman–Crippen LogP) is 0.461. The topological polar surface area (TPSA) is 60.2 Å². The summed E-state index contributed by atoms with van der Waals surface area (Å²) in [6.45, 7) is 1.05. The molecule has 0 aliphatic heterocycles. The molecule has 1 heterocycles. The summed E-state index contributed by atoms with van der Waals surface area (Å²) in [4.78, 5) is 3.95. The first-order valence-corrected chi connectivity index (χ1v) is 3.83. The number of hydrogen-bond acceptors (Lipinski definition) is 4. The average Bonchev–Trinajstić information content (AvgIpc) is 2.15. The first-order valence-electron chi connectivity index (χ1n) is 3.83. The van der Waals surface area contributed by atoms with Gasteiger partial charge in [0, 0.05) is 25.9 Å². The number of nitrogens with one attached hydrogen (secondary N) is 1. The molecule has 66 valence electrons. The lowest BCUT2D eigenvalue weighted by Crippen LogP contribution is -2.11. The second-order valence-corrected chi connectivity index (χ2v) is 2.26. The molecular weight excluding hydrogens is 154 g/mol. The minimum Gasteiger partial charge on any atom is -0.490 e. The van der Waals surface area contributed by atoms with Crippen molar-refractivity contribution in [1.29, 1.82) is 0 Å². The summed E-state index contributed by atoms with van der Waals surface area (Å²) in [7, 11) is 1.83. The number of rotatable bonds is 4. The van der Waals surface area contributed by atoms with Gasteiger partial charge in [0.1, 0.15) is 12.4 Å². The van der Waals surface area contributed by atoms with Crippen LogP contribution in [-0.4, -0.2) is 25.2 Å². The number of pyridine rings is 1. The number of nitrogens with two attached hydrogens (primary N) is 1. The summed E-state index contributed by atoms with van der Waals surface area (Å²) in [5.74, 6) is 0.790. The molecule has 0 unspecified atom stereocenters. The largest absolute Gasteiger partial charge is 0.490 e. The molecule has 1 aromatic rings. The Bertz CT molecular complexity index is 239. The van der Waals surface area contributed by atoms with Gasteiger partial charge in [-0.3, -0.25) is 4.98 Å². The highest BCUT2D eigenvalue weighted by Crippen LogP contribution is 2.20. The van der Waals surface area contributed by atoms with Crippen LogP contribution in [-0.2, 0) is 0 Å². The van der Waals surface area contributed by atoms with Crippen molar-refractivity contribution in [2.24, 2.45) is 5.73 Å². The molecule has 0 saturated carbocycles. The smallest absolute Gasteiger partial charge is 0.145 e. The van der Waals surface area contributed by atoms with Crippen LogP contribution in [0, 0.1) is 0 Å². The van der Waals surface area contributed by atoms with Crippen molar-refractivity contribution in [2.45, 2.75) is 0 Å². The van der Waals surface area contributed by atoms with Crippen LogP contribution in [0.3, 0.4) is 0 Å². The monoisotopic (exact) mass is 167 g/mol. The molecule has 0 saturated heterocycles. The van der Waals surface area contributed by atoms with Crippen LogP contribution in [0.4, 0.5) is 5.69 Å². The third-order valence-corrected chi connectivity index (χ3v) is 1.43. The molecule has 0 radical (unpaired) electrons. The summed E-state index contributed by atoms with van der Waals surface area (Å²) in [6.07, 6.45) is 3.40. The Morgan fingerprint density at radius 2 is 2.50 bits per heavy atom. The standard InChI is InChI=1S/C8H13N3O/c1-10-7-6-11-4-2-8(7)12-5-3-9/h2,4,6,10H,3,5,9H2,1H3. The van der Waals surface area contributed by atoms with Crippen LogP contribution in [0.2, 0.25) is 0 Å². The third-order valence-electron chi connectivity index (χ3n) is 1.43. The second-order valence-electron chi connectivity index (χ2n) is 2.26. The van der Waals surface area contributed by atoms with Gasteiger partial charge < -0.3 is 15.8 Å². The zero-order chi connectivity index (χ0) is 8.81. The fraction of sp³-hybridized carbons (Fsp3) is 0.375. The highest BCUT2D eigenvalue weighted by atomic mass is 16.5. The third kappa shape index (κ3) is 2.10. The Morgan fingerprint density at radius 1 is 1.67 bits per heavy atom. The molecule has 3 N–H and O–H groups in total. The minimum absolute atomic E-state index is 0.519. The van der Waals surface area contributed by atoms with Gasteiger partial charge in [0.2, 0.25) is 0 Å². The van der Waals surface area contributed by atoms with E-state index in [1.165, 1.54) is 0 Å². The van der Waals surface area contributed by atoms with Gasteiger partial charge >= 0.3 is 0 Å². The molecule has 0 bridgehead atoms. The Morgan fingerprint density at radius 3 is 3.17 bits per heavy atom. The first kappa shape index (κ1) is 8.80. The lowest BCUT2D eigenvalue weighted by atomic mass is 10.4. The maximum absolute atomic E-state index is 5.35. The van der Waals surface area contributed by atoms with Gasteiger partial charge in [-0.15, -0.1) is 0 Å². The number of nitrogens with zero attached hydrogens (tertiary/aromatic N) is 1. The van der Waals surface area contributed by atoms with E-state index in [1.54, 1.807) is 12.4 Å². The number of anilines is 1. The molecule has 1 aromatic heterocycles. The molecule has 1 rings (SSSR count). The molecule has 12 heavy (non-hydrogen) atoms. The Labute approximate surface area is 71.7 Å². The summed E-state index contributed by atoms with van der Waals surface area (Å²) in [6, 6.07) is 1.81. The van der Waals surface area contributed by atoms with Gasteiger partial charge in [-0.1, -0.05) is 0 Å². The number of hydrogen-bond donors (Lipinski definition) is 2. The second kappa shape index (κ2) is 4.56. The highest BCUT2D eigenvalue weighted by Gasteiger charge is 1.99. The Kier molecular flexibility index (Phi) is 3.35. The van der Waals surface area contributed by atoms with Crippen LogP contribution in [0.25, 0.3) is 0 Å². The van der Waals surface area contributed by atoms with Crippen LogP contribution in [0.15, 0.2) is 18.5 Å². The Balaban J connectivity index is 2.68. The fourth-order valence-electron chi connectivity index (χ4n) is 0.864. The van der Waals surface area contributed by atoms with E-state index in [9.17, 15) is 0 Å². The number of aromatic nitrogens is 1. The van der Waals surface area contributed by atoms with E-state index in [0.29, 0.717) is 13.2 Å². The van der Waals surface area contributed by atoms with E-state index in [0.717, 1.165) is 11.4 Å². The fourth-order valence-corrected chi connectivity index (χ4v) is 0.864. The summed E-state index contributed by atoms with van der Waals surface area (Å²) >= 11 is 0. The lowest BCUT2D eigenvalue weighted by molar-refractivity contribution is 0.329. The van der Waals surface area contributed by atoms with Crippen molar-refractivity contribution in [2.75, 3.05) is 25.5 Å². The van der Waals surface area contributed by atoms with Gasteiger partial charge in [0.05, 0.1) is 11.9 Å². The number of ether oxygens (including phenoxy) is 1. The van der Waals surface area contributed by atoms with Gasteiger partial charge in [-0.2, -0.15) is 0 Å². The maximum Gasteiger partial charge on any atom is 0.145 e.